The van der Waals surface area contributed by atoms with E-state index in [0.717, 1.165) is 40.1 Å². The Morgan fingerprint density at radius 1 is 1.20 bits per heavy atom. The molecule has 0 saturated carbocycles. The molecule has 4 nitrogen and oxygen atoms in total. The minimum Gasteiger partial charge on any atom is -0.437 e. The van der Waals surface area contributed by atoms with Crippen LogP contribution in [0.25, 0.3) is 0 Å². The van der Waals surface area contributed by atoms with Crippen LogP contribution in [0.15, 0.2) is 30.6 Å². The Hall–Kier alpha value is -1.37. The van der Waals surface area contributed by atoms with Gasteiger partial charge in [-0.2, -0.15) is 0 Å². The summed E-state index contributed by atoms with van der Waals surface area (Å²) in [5.74, 6) is 2.32. The van der Waals surface area contributed by atoms with E-state index in [1.807, 2.05) is 24.3 Å². The molecule has 20 heavy (non-hydrogen) atoms. The highest BCUT2D eigenvalue weighted by molar-refractivity contribution is 14.1. The van der Waals surface area contributed by atoms with Crippen LogP contribution in [0.4, 0.5) is 5.82 Å². The number of halogens is 1. The normalized spacial score (nSPS) is 10.3. The van der Waals surface area contributed by atoms with Gasteiger partial charge in [0, 0.05) is 6.54 Å². The summed E-state index contributed by atoms with van der Waals surface area (Å²) >= 11 is 2.26. The Morgan fingerprint density at radius 3 is 2.70 bits per heavy atom. The molecule has 0 saturated heterocycles. The molecule has 0 fully saturated rings. The fraction of sp³-hybridized carbons (Fsp3) is 0.333. The van der Waals surface area contributed by atoms with E-state index in [0.29, 0.717) is 5.88 Å². The van der Waals surface area contributed by atoms with E-state index in [-0.39, 0.29) is 0 Å². The number of aromatic nitrogens is 2. The van der Waals surface area contributed by atoms with Gasteiger partial charge in [0.25, 0.3) is 0 Å². The Kier molecular flexibility index (Phi) is 5.58. The Bertz CT molecular complexity index is 575. The molecule has 0 spiro atoms. The van der Waals surface area contributed by atoms with E-state index < -0.39 is 0 Å². The van der Waals surface area contributed by atoms with Crippen LogP contribution in [0.5, 0.6) is 11.6 Å². The third-order valence-electron chi connectivity index (χ3n) is 2.85. The maximum Gasteiger partial charge on any atom is 0.227 e. The summed E-state index contributed by atoms with van der Waals surface area (Å²) in [7, 11) is 0. The minimum absolute atomic E-state index is 0.630. The highest BCUT2D eigenvalue weighted by atomic mass is 127. The SMILES string of the molecule is CCCNc1ncnc(Oc2ccccc2I)c1CC. The van der Waals surface area contributed by atoms with Crippen molar-refractivity contribution in [1.82, 2.24) is 9.97 Å². The monoisotopic (exact) mass is 383 g/mol. The van der Waals surface area contributed by atoms with Crippen molar-refractivity contribution in [1.29, 1.82) is 0 Å². The van der Waals surface area contributed by atoms with Gasteiger partial charge in [-0.25, -0.2) is 9.97 Å². The van der Waals surface area contributed by atoms with E-state index in [2.05, 4.69) is 51.7 Å². The average Bonchev–Trinajstić information content (AvgIpc) is 2.47. The van der Waals surface area contributed by atoms with Crippen LogP contribution in [-0.4, -0.2) is 16.5 Å². The van der Waals surface area contributed by atoms with Gasteiger partial charge in [0.15, 0.2) is 0 Å². The van der Waals surface area contributed by atoms with Crippen LogP contribution in [0, 0.1) is 3.57 Å². The third kappa shape index (κ3) is 3.59. The van der Waals surface area contributed by atoms with E-state index >= 15 is 0 Å². The van der Waals surface area contributed by atoms with Gasteiger partial charge in [0.2, 0.25) is 5.88 Å². The predicted molar refractivity (Wildman–Crippen MR) is 89.4 cm³/mol. The molecule has 0 atom stereocenters. The van der Waals surface area contributed by atoms with Crippen molar-refractivity contribution in [3.63, 3.8) is 0 Å². The number of nitrogens with zero attached hydrogens (tertiary/aromatic N) is 2. The molecule has 5 heteroatoms. The van der Waals surface area contributed by atoms with E-state index in [1.54, 1.807) is 6.33 Å². The first kappa shape index (κ1) is 15.0. The molecule has 0 amide bonds. The summed E-state index contributed by atoms with van der Waals surface area (Å²) in [5.41, 5.74) is 1.01. The second kappa shape index (κ2) is 7.42. The molecule has 0 aliphatic rings. The molecular formula is C15H18IN3O. The first-order valence-corrected chi connectivity index (χ1v) is 7.84. The number of nitrogens with one attached hydrogen (secondary N) is 1. The van der Waals surface area contributed by atoms with Crippen LogP contribution in [0.3, 0.4) is 0 Å². The van der Waals surface area contributed by atoms with Crippen molar-refractivity contribution in [3.8, 4) is 11.6 Å². The Morgan fingerprint density at radius 2 is 2.00 bits per heavy atom. The van der Waals surface area contributed by atoms with Gasteiger partial charge in [0.05, 0.1) is 9.13 Å². The van der Waals surface area contributed by atoms with Gasteiger partial charge in [-0.3, -0.25) is 0 Å². The fourth-order valence-corrected chi connectivity index (χ4v) is 2.33. The minimum atomic E-state index is 0.630. The molecule has 1 aromatic heterocycles. The van der Waals surface area contributed by atoms with Crippen molar-refractivity contribution in [2.45, 2.75) is 26.7 Å². The molecule has 0 radical (unpaired) electrons. The maximum absolute atomic E-state index is 5.95. The lowest BCUT2D eigenvalue weighted by Crippen LogP contribution is -2.07. The van der Waals surface area contributed by atoms with Crippen LogP contribution < -0.4 is 10.1 Å². The Balaban J connectivity index is 2.29. The first-order valence-electron chi connectivity index (χ1n) is 6.76. The molecule has 0 bridgehead atoms. The lowest BCUT2D eigenvalue weighted by Gasteiger charge is -2.13. The fourth-order valence-electron chi connectivity index (χ4n) is 1.83. The van der Waals surface area contributed by atoms with Crippen LogP contribution >= 0.6 is 22.6 Å². The van der Waals surface area contributed by atoms with Crippen LogP contribution in [0.2, 0.25) is 0 Å². The highest BCUT2D eigenvalue weighted by Crippen LogP contribution is 2.30. The van der Waals surface area contributed by atoms with Crippen molar-refractivity contribution in [3.05, 3.63) is 39.7 Å². The van der Waals surface area contributed by atoms with Gasteiger partial charge in [-0.05, 0) is 47.6 Å². The van der Waals surface area contributed by atoms with E-state index in [1.165, 1.54) is 0 Å². The molecule has 0 aliphatic carbocycles. The summed E-state index contributed by atoms with van der Waals surface area (Å²) in [4.78, 5) is 8.59. The van der Waals surface area contributed by atoms with Crippen molar-refractivity contribution < 1.29 is 4.74 Å². The van der Waals surface area contributed by atoms with Crippen LogP contribution in [-0.2, 0) is 6.42 Å². The molecule has 2 aromatic rings. The number of ether oxygens (including phenoxy) is 1. The van der Waals surface area contributed by atoms with Crippen molar-refractivity contribution in [2.75, 3.05) is 11.9 Å². The van der Waals surface area contributed by atoms with Gasteiger partial charge in [0.1, 0.15) is 17.9 Å². The van der Waals surface area contributed by atoms with Gasteiger partial charge in [-0.1, -0.05) is 26.0 Å². The van der Waals surface area contributed by atoms with Crippen LogP contribution in [0.1, 0.15) is 25.8 Å². The molecule has 106 valence electrons. The van der Waals surface area contributed by atoms with E-state index in [9.17, 15) is 0 Å². The number of anilines is 1. The first-order chi connectivity index (χ1) is 9.76. The molecule has 1 N–H and O–H groups in total. The second-order valence-corrected chi connectivity index (χ2v) is 5.48. The lowest BCUT2D eigenvalue weighted by molar-refractivity contribution is 0.452. The van der Waals surface area contributed by atoms with Crippen molar-refractivity contribution >= 4 is 28.4 Å². The lowest BCUT2D eigenvalue weighted by atomic mass is 10.2. The smallest absolute Gasteiger partial charge is 0.227 e. The zero-order chi connectivity index (χ0) is 14.4. The number of benzene rings is 1. The molecule has 1 aromatic carbocycles. The van der Waals surface area contributed by atoms with Gasteiger partial charge >= 0.3 is 0 Å². The standard InChI is InChI=1S/C15H18IN3O/c1-3-9-17-14-11(4-2)15(19-10-18-14)20-13-8-6-5-7-12(13)16/h5-8,10H,3-4,9H2,1-2H3,(H,17,18,19). The second-order valence-electron chi connectivity index (χ2n) is 4.32. The highest BCUT2D eigenvalue weighted by Gasteiger charge is 2.12. The average molecular weight is 383 g/mol. The summed E-state index contributed by atoms with van der Waals surface area (Å²) in [5, 5.41) is 3.32. The zero-order valence-electron chi connectivity index (χ0n) is 11.7. The number of rotatable bonds is 6. The summed E-state index contributed by atoms with van der Waals surface area (Å²) in [6.07, 6.45) is 3.42. The van der Waals surface area contributed by atoms with Gasteiger partial charge < -0.3 is 10.1 Å². The maximum atomic E-state index is 5.95. The summed E-state index contributed by atoms with van der Waals surface area (Å²) in [6, 6.07) is 7.91. The summed E-state index contributed by atoms with van der Waals surface area (Å²) in [6.45, 7) is 5.11. The largest absolute Gasteiger partial charge is 0.437 e. The molecule has 0 aliphatic heterocycles. The molecular weight excluding hydrogens is 365 g/mol. The van der Waals surface area contributed by atoms with E-state index in [4.69, 9.17) is 4.74 Å². The van der Waals surface area contributed by atoms with Crippen molar-refractivity contribution in [2.24, 2.45) is 0 Å². The number of hydrogen-bond acceptors (Lipinski definition) is 4. The number of para-hydroxylation sites is 1. The van der Waals surface area contributed by atoms with Gasteiger partial charge in [-0.15, -0.1) is 0 Å². The Labute approximate surface area is 133 Å². The molecule has 0 unspecified atom stereocenters. The molecule has 2 rings (SSSR count). The predicted octanol–water partition coefficient (Wildman–Crippen LogP) is 4.26. The third-order valence-corrected chi connectivity index (χ3v) is 3.74. The molecule has 1 heterocycles. The number of hydrogen-bond donors (Lipinski definition) is 1. The topological polar surface area (TPSA) is 47.0 Å². The summed E-state index contributed by atoms with van der Waals surface area (Å²) < 4.78 is 7.02. The zero-order valence-corrected chi connectivity index (χ0v) is 13.8. The quantitative estimate of drug-likeness (QED) is 0.758.